The highest BCUT2D eigenvalue weighted by Gasteiger charge is 2.17. The lowest BCUT2D eigenvalue weighted by molar-refractivity contribution is 0.632. The van der Waals surface area contributed by atoms with Gasteiger partial charge in [0.15, 0.2) is 0 Å². The van der Waals surface area contributed by atoms with Crippen molar-refractivity contribution in [2.45, 2.75) is 0 Å². The van der Waals surface area contributed by atoms with Crippen molar-refractivity contribution in [3.8, 4) is 55.8 Å². The van der Waals surface area contributed by atoms with Crippen molar-refractivity contribution in [1.82, 2.24) is 0 Å². The predicted octanol–water partition coefficient (Wildman–Crippen LogP) is 15.4. The molecule has 0 saturated carbocycles. The second-order valence-corrected chi connectivity index (χ2v) is 14.2. The van der Waals surface area contributed by atoms with Crippen LogP contribution in [0.3, 0.4) is 0 Å². The van der Waals surface area contributed by atoms with E-state index in [0.29, 0.717) is 0 Å². The lowest BCUT2D eigenvalue weighted by Crippen LogP contribution is -2.10. The quantitative estimate of drug-likeness (QED) is 0.156. The van der Waals surface area contributed by atoms with Gasteiger partial charge in [-0.15, -0.1) is 0 Å². The second kappa shape index (κ2) is 14.4. The highest BCUT2D eigenvalue weighted by molar-refractivity contribution is 5.91. The molecule has 0 aliphatic heterocycles. The molecule has 0 aliphatic carbocycles. The minimum Gasteiger partial charge on any atom is -0.456 e. The number of benzene rings is 9. The highest BCUT2D eigenvalue weighted by atomic mass is 16.3. The summed E-state index contributed by atoms with van der Waals surface area (Å²) in [5.74, 6) is 0.861. The van der Waals surface area contributed by atoms with Gasteiger partial charge in [0.05, 0.1) is 0 Å². The number of rotatable bonds is 8. The topological polar surface area (TPSA) is 16.4 Å². The molecule has 10 rings (SSSR count). The highest BCUT2D eigenvalue weighted by Crippen LogP contribution is 2.41. The number of hydrogen-bond donors (Lipinski definition) is 0. The molecule has 1 aromatic heterocycles. The zero-order valence-electron chi connectivity index (χ0n) is 30.7. The second-order valence-electron chi connectivity index (χ2n) is 14.2. The molecule has 264 valence electrons. The first-order chi connectivity index (χ1) is 27.7. The Balaban J connectivity index is 1.04. The third-order valence-electron chi connectivity index (χ3n) is 10.7. The van der Waals surface area contributed by atoms with E-state index < -0.39 is 0 Å². The summed E-state index contributed by atoms with van der Waals surface area (Å²) >= 11 is 0. The van der Waals surface area contributed by atoms with Crippen molar-refractivity contribution < 1.29 is 4.42 Å². The van der Waals surface area contributed by atoms with Gasteiger partial charge in [-0.1, -0.05) is 164 Å². The molecular formula is C54H37NO. The maximum Gasteiger partial charge on any atom is 0.136 e. The average molecular weight is 716 g/mol. The van der Waals surface area contributed by atoms with E-state index >= 15 is 0 Å². The summed E-state index contributed by atoms with van der Waals surface area (Å²) in [4.78, 5) is 2.35. The minimum atomic E-state index is 0.861. The van der Waals surface area contributed by atoms with E-state index in [-0.39, 0.29) is 0 Å². The number of fused-ring (bicyclic) bond motifs is 2. The van der Waals surface area contributed by atoms with Gasteiger partial charge in [0.1, 0.15) is 11.3 Å². The molecule has 1 heterocycles. The Morgan fingerprint density at radius 3 is 1.48 bits per heavy atom. The maximum atomic E-state index is 6.45. The Labute approximate surface area is 327 Å². The normalized spacial score (nSPS) is 11.2. The number of nitrogens with zero attached hydrogens (tertiary/aromatic N) is 1. The fraction of sp³-hybridized carbons (Fsp3) is 0. The van der Waals surface area contributed by atoms with Crippen LogP contribution in [0.25, 0.3) is 77.6 Å². The molecule has 0 aliphatic rings. The third-order valence-corrected chi connectivity index (χ3v) is 10.7. The molecular weight excluding hydrogens is 679 g/mol. The molecule has 56 heavy (non-hydrogen) atoms. The third kappa shape index (κ3) is 6.44. The van der Waals surface area contributed by atoms with Gasteiger partial charge in [-0.2, -0.15) is 0 Å². The van der Waals surface area contributed by atoms with Crippen LogP contribution in [-0.4, -0.2) is 0 Å². The van der Waals surface area contributed by atoms with E-state index in [4.69, 9.17) is 4.42 Å². The molecule has 0 fully saturated rings. The van der Waals surface area contributed by atoms with Crippen LogP contribution in [0, 0.1) is 0 Å². The van der Waals surface area contributed by atoms with Crippen molar-refractivity contribution in [2.75, 3.05) is 4.90 Å². The van der Waals surface area contributed by atoms with Crippen molar-refractivity contribution in [3.63, 3.8) is 0 Å². The van der Waals surface area contributed by atoms with E-state index in [1.807, 2.05) is 12.1 Å². The molecule has 2 heteroatoms. The van der Waals surface area contributed by atoms with Crippen molar-refractivity contribution in [2.24, 2.45) is 0 Å². The largest absolute Gasteiger partial charge is 0.456 e. The monoisotopic (exact) mass is 715 g/mol. The van der Waals surface area contributed by atoms with E-state index in [9.17, 15) is 0 Å². The van der Waals surface area contributed by atoms with Crippen molar-refractivity contribution in [1.29, 1.82) is 0 Å². The van der Waals surface area contributed by atoms with Gasteiger partial charge < -0.3 is 9.32 Å². The summed E-state index contributed by atoms with van der Waals surface area (Å²) in [5, 5.41) is 3.59. The Morgan fingerprint density at radius 2 is 0.786 bits per heavy atom. The fourth-order valence-corrected chi connectivity index (χ4v) is 7.79. The van der Waals surface area contributed by atoms with Crippen LogP contribution in [0.15, 0.2) is 229 Å². The lowest BCUT2D eigenvalue weighted by Gasteiger charge is -2.26. The molecule has 0 spiro atoms. The summed E-state index contributed by atoms with van der Waals surface area (Å²) in [6, 6.07) is 80.1. The molecule has 0 amide bonds. The van der Waals surface area contributed by atoms with Crippen LogP contribution < -0.4 is 4.90 Å². The Kier molecular flexibility index (Phi) is 8.55. The van der Waals surface area contributed by atoms with Gasteiger partial charge in [0.25, 0.3) is 0 Å². The first-order valence-electron chi connectivity index (χ1n) is 19.1. The molecule has 0 N–H and O–H groups in total. The molecule has 0 bridgehead atoms. The molecule has 0 unspecified atom stereocenters. The number of para-hydroxylation sites is 1. The van der Waals surface area contributed by atoms with Gasteiger partial charge in [-0.3, -0.25) is 0 Å². The smallest absolute Gasteiger partial charge is 0.136 e. The van der Waals surface area contributed by atoms with Gasteiger partial charge >= 0.3 is 0 Å². The molecule has 2 nitrogen and oxygen atoms in total. The lowest BCUT2D eigenvalue weighted by atomic mass is 9.93. The van der Waals surface area contributed by atoms with Gasteiger partial charge in [-0.25, -0.2) is 0 Å². The molecule has 9 aromatic carbocycles. The SMILES string of the molecule is c1ccc(-c2cccc(N(c3ccc(-c4ccc(-c5ccccc5)c(-c5cc6ccccc6o5)c4)cc3)c3ccc(-c4ccc5ccccc5c4)cc3)c2)cc1. The number of anilines is 3. The van der Waals surface area contributed by atoms with Crippen LogP contribution in [0.5, 0.6) is 0 Å². The molecule has 10 aromatic rings. The van der Waals surface area contributed by atoms with Crippen LogP contribution in [0.4, 0.5) is 17.1 Å². The van der Waals surface area contributed by atoms with Crippen molar-refractivity contribution in [3.05, 3.63) is 224 Å². The average Bonchev–Trinajstić information content (AvgIpc) is 3.72. The number of hydrogen-bond acceptors (Lipinski definition) is 2. The molecule has 0 saturated heterocycles. The standard InChI is InChI=1S/C54H37NO/c1-3-12-38(13-4-1)44-19-11-20-50(35-44)55(48-29-24-40(25-30-48)45-23-22-39-14-7-8-17-43(39)34-45)49-31-26-41(27-32-49)46-28-33-51(42-15-5-2-6-16-42)52(36-46)54-37-47-18-9-10-21-53(47)56-54/h1-37H. The van der Waals surface area contributed by atoms with Crippen molar-refractivity contribution >= 4 is 38.8 Å². The molecule has 0 radical (unpaired) electrons. The first-order valence-corrected chi connectivity index (χ1v) is 19.1. The zero-order valence-corrected chi connectivity index (χ0v) is 30.7. The maximum absolute atomic E-state index is 6.45. The zero-order chi connectivity index (χ0) is 37.3. The summed E-state index contributed by atoms with van der Waals surface area (Å²) in [5.41, 5.74) is 14.5. The van der Waals surface area contributed by atoms with Crippen LogP contribution in [0.2, 0.25) is 0 Å². The van der Waals surface area contributed by atoms with E-state index in [1.165, 1.54) is 33.0 Å². The first kappa shape index (κ1) is 33.2. The fourth-order valence-electron chi connectivity index (χ4n) is 7.79. The summed E-state index contributed by atoms with van der Waals surface area (Å²) < 4.78 is 6.45. The van der Waals surface area contributed by atoms with E-state index in [1.54, 1.807) is 0 Å². The van der Waals surface area contributed by atoms with Gasteiger partial charge in [0, 0.05) is 28.0 Å². The van der Waals surface area contributed by atoms with Gasteiger partial charge in [-0.05, 0) is 116 Å². The summed E-state index contributed by atoms with van der Waals surface area (Å²) in [7, 11) is 0. The number of furan rings is 1. The van der Waals surface area contributed by atoms with Gasteiger partial charge in [0.2, 0.25) is 0 Å². The van der Waals surface area contributed by atoms with Crippen LogP contribution >= 0.6 is 0 Å². The summed E-state index contributed by atoms with van der Waals surface area (Å²) in [6.45, 7) is 0. The van der Waals surface area contributed by atoms with Crippen LogP contribution in [-0.2, 0) is 0 Å². The predicted molar refractivity (Wildman–Crippen MR) is 236 cm³/mol. The Bertz CT molecular complexity index is 2910. The molecule has 0 atom stereocenters. The minimum absolute atomic E-state index is 0.861. The Morgan fingerprint density at radius 1 is 0.268 bits per heavy atom. The van der Waals surface area contributed by atoms with E-state index in [2.05, 4.69) is 217 Å². The Hall–Kier alpha value is -7.42. The summed E-state index contributed by atoms with van der Waals surface area (Å²) in [6.07, 6.45) is 0. The van der Waals surface area contributed by atoms with Crippen LogP contribution in [0.1, 0.15) is 0 Å². The van der Waals surface area contributed by atoms with E-state index in [0.717, 1.165) is 61.6 Å².